The molecule has 1 N–H and O–H groups in total. The SMILES string of the molecule is CCCCNC(=O)C(C)N(Cc1ccc(Cl)cc1)C(=O)CSc1ccc(C)cc1. The first kappa shape index (κ1) is 23.3. The molecule has 0 aromatic heterocycles. The Morgan fingerprint density at radius 1 is 1.10 bits per heavy atom. The molecule has 4 nitrogen and oxygen atoms in total. The van der Waals surface area contributed by atoms with E-state index in [0.29, 0.717) is 18.1 Å². The van der Waals surface area contributed by atoms with Crippen LogP contribution in [0.1, 0.15) is 37.8 Å². The fourth-order valence-electron chi connectivity index (χ4n) is 2.77. The predicted molar refractivity (Wildman–Crippen MR) is 121 cm³/mol. The summed E-state index contributed by atoms with van der Waals surface area (Å²) in [5.74, 6) is 0.0910. The lowest BCUT2D eigenvalue weighted by molar-refractivity contribution is -0.138. The Labute approximate surface area is 183 Å². The molecule has 1 atom stereocenters. The van der Waals surface area contributed by atoms with Crippen molar-refractivity contribution in [2.75, 3.05) is 12.3 Å². The second kappa shape index (κ2) is 11.9. The van der Waals surface area contributed by atoms with Gasteiger partial charge in [-0.2, -0.15) is 0 Å². The maximum atomic E-state index is 13.0. The van der Waals surface area contributed by atoms with Crippen LogP contribution in [0.5, 0.6) is 0 Å². The number of carbonyl (C=O) groups is 2. The molecule has 0 fully saturated rings. The van der Waals surface area contributed by atoms with Gasteiger partial charge in [-0.1, -0.05) is 54.8 Å². The Morgan fingerprint density at radius 2 is 1.76 bits per heavy atom. The zero-order valence-electron chi connectivity index (χ0n) is 17.3. The lowest BCUT2D eigenvalue weighted by atomic mass is 10.1. The highest BCUT2D eigenvalue weighted by atomic mass is 35.5. The fourth-order valence-corrected chi connectivity index (χ4v) is 3.68. The quantitative estimate of drug-likeness (QED) is 0.421. The molecular formula is C23H29ClN2O2S. The van der Waals surface area contributed by atoms with Crippen LogP contribution in [0.15, 0.2) is 53.4 Å². The van der Waals surface area contributed by atoms with Crippen molar-refractivity contribution in [2.24, 2.45) is 0 Å². The van der Waals surface area contributed by atoms with Crippen LogP contribution in [0.25, 0.3) is 0 Å². The van der Waals surface area contributed by atoms with Crippen molar-refractivity contribution in [1.29, 1.82) is 0 Å². The standard InChI is InChI=1S/C23H29ClN2O2S/c1-4-5-14-25-23(28)18(3)26(15-19-8-10-20(24)11-9-19)22(27)16-29-21-12-6-17(2)7-13-21/h6-13,18H,4-5,14-16H2,1-3H3,(H,25,28). The third-order valence-electron chi connectivity index (χ3n) is 4.65. The van der Waals surface area contributed by atoms with Crippen LogP contribution in [0.2, 0.25) is 5.02 Å². The van der Waals surface area contributed by atoms with Gasteiger partial charge in [0.25, 0.3) is 0 Å². The molecule has 2 rings (SSSR count). The van der Waals surface area contributed by atoms with Crippen molar-refractivity contribution in [3.05, 3.63) is 64.7 Å². The van der Waals surface area contributed by atoms with Crippen LogP contribution < -0.4 is 5.32 Å². The number of rotatable bonds is 10. The molecule has 2 amide bonds. The summed E-state index contributed by atoms with van der Waals surface area (Å²) in [6, 6.07) is 14.9. The van der Waals surface area contributed by atoms with Gasteiger partial charge in [0, 0.05) is 23.0 Å². The number of hydrogen-bond donors (Lipinski definition) is 1. The molecule has 2 aromatic rings. The van der Waals surface area contributed by atoms with E-state index < -0.39 is 6.04 Å². The van der Waals surface area contributed by atoms with Crippen molar-refractivity contribution in [1.82, 2.24) is 10.2 Å². The van der Waals surface area contributed by atoms with Gasteiger partial charge in [-0.05, 0) is 50.1 Å². The molecule has 0 bridgehead atoms. The fraction of sp³-hybridized carbons (Fsp3) is 0.391. The van der Waals surface area contributed by atoms with Crippen molar-refractivity contribution >= 4 is 35.2 Å². The van der Waals surface area contributed by atoms with Crippen molar-refractivity contribution < 1.29 is 9.59 Å². The number of nitrogens with one attached hydrogen (secondary N) is 1. The Bertz CT molecular complexity index is 794. The Balaban J connectivity index is 2.08. The van der Waals surface area contributed by atoms with Crippen LogP contribution in [0, 0.1) is 6.92 Å². The molecule has 1 unspecified atom stereocenters. The number of halogens is 1. The van der Waals surface area contributed by atoms with E-state index in [9.17, 15) is 9.59 Å². The largest absolute Gasteiger partial charge is 0.354 e. The van der Waals surface area contributed by atoms with Crippen LogP contribution in [-0.4, -0.2) is 35.1 Å². The van der Waals surface area contributed by atoms with Crippen molar-refractivity contribution in [2.45, 2.75) is 51.1 Å². The summed E-state index contributed by atoms with van der Waals surface area (Å²) < 4.78 is 0. The average molecular weight is 433 g/mol. The lowest BCUT2D eigenvalue weighted by Gasteiger charge is -2.28. The van der Waals surface area contributed by atoms with Gasteiger partial charge in [-0.25, -0.2) is 0 Å². The van der Waals surface area contributed by atoms with E-state index in [1.807, 2.05) is 43.3 Å². The molecule has 0 heterocycles. The maximum Gasteiger partial charge on any atom is 0.242 e. The Kier molecular flexibility index (Phi) is 9.55. The van der Waals surface area contributed by atoms with E-state index in [1.165, 1.54) is 17.3 Å². The number of aryl methyl sites for hydroxylation is 1. The molecule has 0 aliphatic carbocycles. The average Bonchev–Trinajstić information content (AvgIpc) is 2.72. The van der Waals surface area contributed by atoms with Gasteiger partial charge in [-0.3, -0.25) is 9.59 Å². The minimum atomic E-state index is -0.548. The van der Waals surface area contributed by atoms with Crippen LogP contribution >= 0.6 is 23.4 Å². The minimum absolute atomic E-state index is 0.0660. The van der Waals surface area contributed by atoms with E-state index in [-0.39, 0.29) is 17.6 Å². The molecule has 29 heavy (non-hydrogen) atoms. The third-order valence-corrected chi connectivity index (χ3v) is 5.90. The monoisotopic (exact) mass is 432 g/mol. The van der Waals surface area contributed by atoms with Crippen molar-refractivity contribution in [3.63, 3.8) is 0 Å². The predicted octanol–water partition coefficient (Wildman–Crippen LogP) is 5.07. The number of benzene rings is 2. The molecule has 0 saturated carbocycles. The van der Waals surface area contributed by atoms with Gasteiger partial charge in [0.1, 0.15) is 6.04 Å². The second-order valence-corrected chi connectivity index (χ2v) is 8.56. The van der Waals surface area contributed by atoms with E-state index in [1.54, 1.807) is 24.0 Å². The van der Waals surface area contributed by atoms with E-state index >= 15 is 0 Å². The van der Waals surface area contributed by atoms with E-state index in [0.717, 1.165) is 23.3 Å². The Morgan fingerprint density at radius 3 is 2.38 bits per heavy atom. The first-order valence-electron chi connectivity index (χ1n) is 9.91. The zero-order valence-corrected chi connectivity index (χ0v) is 18.9. The van der Waals surface area contributed by atoms with Gasteiger partial charge in [-0.15, -0.1) is 11.8 Å². The minimum Gasteiger partial charge on any atom is -0.354 e. The molecule has 0 aliphatic heterocycles. The topological polar surface area (TPSA) is 49.4 Å². The van der Waals surface area contributed by atoms with Gasteiger partial charge in [0.05, 0.1) is 5.75 Å². The summed E-state index contributed by atoms with van der Waals surface area (Å²) in [4.78, 5) is 28.3. The van der Waals surface area contributed by atoms with E-state index in [4.69, 9.17) is 11.6 Å². The van der Waals surface area contributed by atoms with Gasteiger partial charge >= 0.3 is 0 Å². The third kappa shape index (κ3) is 7.75. The molecule has 0 spiro atoms. The first-order chi connectivity index (χ1) is 13.9. The number of hydrogen-bond acceptors (Lipinski definition) is 3. The number of unbranched alkanes of at least 4 members (excludes halogenated alkanes) is 1. The highest BCUT2D eigenvalue weighted by Crippen LogP contribution is 2.20. The van der Waals surface area contributed by atoms with Gasteiger partial charge in [0.15, 0.2) is 0 Å². The lowest BCUT2D eigenvalue weighted by Crippen LogP contribution is -2.48. The van der Waals surface area contributed by atoms with E-state index in [2.05, 4.69) is 12.2 Å². The highest BCUT2D eigenvalue weighted by Gasteiger charge is 2.26. The number of carbonyl (C=O) groups excluding carboxylic acids is 2. The van der Waals surface area contributed by atoms with Crippen LogP contribution in [-0.2, 0) is 16.1 Å². The number of nitrogens with zero attached hydrogens (tertiary/aromatic N) is 1. The maximum absolute atomic E-state index is 13.0. The molecule has 0 radical (unpaired) electrons. The molecular weight excluding hydrogens is 404 g/mol. The Hall–Kier alpha value is -1.98. The highest BCUT2D eigenvalue weighted by molar-refractivity contribution is 8.00. The number of thioether (sulfide) groups is 1. The zero-order chi connectivity index (χ0) is 21.2. The smallest absolute Gasteiger partial charge is 0.242 e. The molecule has 6 heteroatoms. The summed E-state index contributed by atoms with van der Waals surface area (Å²) >= 11 is 7.46. The summed E-state index contributed by atoms with van der Waals surface area (Å²) in [7, 11) is 0. The van der Waals surface area contributed by atoms with Crippen LogP contribution in [0.4, 0.5) is 0 Å². The van der Waals surface area contributed by atoms with Crippen LogP contribution in [0.3, 0.4) is 0 Å². The summed E-state index contributed by atoms with van der Waals surface area (Å²) in [6.45, 7) is 6.89. The first-order valence-corrected chi connectivity index (χ1v) is 11.3. The summed E-state index contributed by atoms with van der Waals surface area (Å²) in [5.41, 5.74) is 2.12. The molecule has 156 valence electrons. The van der Waals surface area contributed by atoms with Gasteiger partial charge < -0.3 is 10.2 Å². The number of amides is 2. The molecule has 0 aliphatic rings. The summed E-state index contributed by atoms with van der Waals surface area (Å²) in [5, 5.41) is 3.58. The molecule has 2 aromatic carbocycles. The normalized spacial score (nSPS) is 11.7. The molecule has 0 saturated heterocycles. The summed E-state index contributed by atoms with van der Waals surface area (Å²) in [6.07, 6.45) is 1.93. The van der Waals surface area contributed by atoms with Gasteiger partial charge in [0.2, 0.25) is 11.8 Å². The second-order valence-electron chi connectivity index (χ2n) is 7.07. The van der Waals surface area contributed by atoms with Crippen molar-refractivity contribution in [3.8, 4) is 0 Å².